The van der Waals surface area contributed by atoms with Crippen molar-refractivity contribution in [1.29, 1.82) is 0 Å². The predicted molar refractivity (Wildman–Crippen MR) is 102 cm³/mol. The number of methoxy groups -OCH3 is 1. The van der Waals surface area contributed by atoms with Gasteiger partial charge in [-0.2, -0.15) is 0 Å². The maximum absolute atomic E-state index is 12.0. The van der Waals surface area contributed by atoms with Crippen LogP contribution < -0.4 is 14.8 Å². The molecule has 27 heavy (non-hydrogen) atoms. The zero-order valence-corrected chi connectivity index (χ0v) is 15.6. The van der Waals surface area contributed by atoms with E-state index in [2.05, 4.69) is 12.2 Å². The summed E-state index contributed by atoms with van der Waals surface area (Å²) in [6.45, 7) is 1.92. The number of rotatable bonds is 10. The first kappa shape index (κ1) is 20.3. The van der Waals surface area contributed by atoms with Crippen molar-refractivity contribution in [2.75, 3.05) is 20.3 Å². The van der Waals surface area contributed by atoms with E-state index in [0.29, 0.717) is 11.5 Å². The summed E-state index contributed by atoms with van der Waals surface area (Å²) < 4.78 is 10.7. The van der Waals surface area contributed by atoms with Gasteiger partial charge in [-0.3, -0.25) is 9.59 Å². The fraction of sp³-hybridized carbons (Fsp3) is 0.333. The Morgan fingerprint density at radius 3 is 2.44 bits per heavy atom. The average molecular weight is 371 g/mol. The average Bonchev–Trinajstić information content (AvgIpc) is 2.69. The van der Waals surface area contributed by atoms with Gasteiger partial charge in [0.15, 0.2) is 6.61 Å². The lowest BCUT2D eigenvalue weighted by Crippen LogP contribution is -2.36. The van der Waals surface area contributed by atoms with Gasteiger partial charge in [0.2, 0.25) is 0 Å². The minimum atomic E-state index is -0.975. The normalized spacial score (nSPS) is 11.5. The van der Waals surface area contributed by atoms with Crippen LogP contribution in [0, 0.1) is 5.92 Å². The molecule has 2 aromatic rings. The number of ether oxygens (including phenoxy) is 2. The number of aliphatic carboxylic acids is 1. The molecule has 6 heteroatoms. The van der Waals surface area contributed by atoms with Gasteiger partial charge >= 0.3 is 5.97 Å². The van der Waals surface area contributed by atoms with Gasteiger partial charge in [0.05, 0.1) is 13.0 Å². The quantitative estimate of drug-likeness (QED) is 0.671. The van der Waals surface area contributed by atoms with Gasteiger partial charge < -0.3 is 19.9 Å². The van der Waals surface area contributed by atoms with Crippen molar-refractivity contribution in [3.63, 3.8) is 0 Å². The molecule has 0 bridgehead atoms. The Balaban J connectivity index is 1.85. The predicted octanol–water partition coefficient (Wildman–Crippen LogP) is 2.70. The largest absolute Gasteiger partial charge is 0.496 e. The standard InChI is InChI=1S/C21H25NO5/c1-3-15-8-10-18(11-9-15)27-14-20(23)22-13-17(21(24)25)12-16-6-4-5-7-19(16)26-2/h4-11,17H,3,12-14H2,1-2H3,(H,22,23)(H,24,25). The van der Waals surface area contributed by atoms with Crippen LogP contribution in [0.25, 0.3) is 0 Å². The monoisotopic (exact) mass is 371 g/mol. The molecular weight excluding hydrogens is 346 g/mol. The number of benzene rings is 2. The van der Waals surface area contributed by atoms with E-state index in [1.807, 2.05) is 42.5 Å². The van der Waals surface area contributed by atoms with Crippen LogP contribution in [0.2, 0.25) is 0 Å². The van der Waals surface area contributed by atoms with E-state index in [0.717, 1.165) is 12.0 Å². The minimum Gasteiger partial charge on any atom is -0.496 e. The van der Waals surface area contributed by atoms with Crippen molar-refractivity contribution in [2.45, 2.75) is 19.8 Å². The van der Waals surface area contributed by atoms with E-state index in [4.69, 9.17) is 9.47 Å². The lowest BCUT2D eigenvalue weighted by Gasteiger charge is -2.15. The fourth-order valence-electron chi connectivity index (χ4n) is 2.64. The molecule has 0 aromatic heterocycles. The molecule has 2 rings (SSSR count). The summed E-state index contributed by atoms with van der Waals surface area (Å²) in [7, 11) is 1.54. The van der Waals surface area contributed by atoms with Gasteiger partial charge in [0.25, 0.3) is 5.91 Å². The van der Waals surface area contributed by atoms with Gasteiger partial charge in [0, 0.05) is 6.54 Å². The zero-order chi connectivity index (χ0) is 19.6. The smallest absolute Gasteiger partial charge is 0.308 e. The molecule has 0 aliphatic carbocycles. The van der Waals surface area contributed by atoms with Crippen molar-refractivity contribution in [3.05, 3.63) is 59.7 Å². The van der Waals surface area contributed by atoms with Crippen LogP contribution in [0.5, 0.6) is 11.5 Å². The molecule has 0 saturated carbocycles. The first-order valence-corrected chi connectivity index (χ1v) is 8.86. The van der Waals surface area contributed by atoms with E-state index in [9.17, 15) is 14.7 Å². The third-order valence-corrected chi connectivity index (χ3v) is 4.26. The Hall–Kier alpha value is -3.02. The first-order chi connectivity index (χ1) is 13.0. The number of para-hydroxylation sites is 1. The zero-order valence-electron chi connectivity index (χ0n) is 15.6. The Morgan fingerprint density at radius 2 is 1.81 bits per heavy atom. The topological polar surface area (TPSA) is 84.9 Å². The second-order valence-electron chi connectivity index (χ2n) is 6.14. The Kier molecular flexibility index (Phi) is 7.67. The molecular formula is C21H25NO5. The van der Waals surface area contributed by atoms with Crippen molar-refractivity contribution in [1.82, 2.24) is 5.32 Å². The number of carbonyl (C=O) groups excluding carboxylic acids is 1. The van der Waals surface area contributed by atoms with Gasteiger partial charge in [0.1, 0.15) is 11.5 Å². The summed E-state index contributed by atoms with van der Waals surface area (Å²) in [6, 6.07) is 14.8. The van der Waals surface area contributed by atoms with Crippen LogP contribution in [0.4, 0.5) is 0 Å². The second kappa shape index (κ2) is 10.2. The molecule has 0 spiro atoms. The highest BCUT2D eigenvalue weighted by Gasteiger charge is 2.20. The van der Waals surface area contributed by atoms with Crippen molar-refractivity contribution < 1.29 is 24.2 Å². The number of aryl methyl sites for hydroxylation is 1. The molecule has 1 unspecified atom stereocenters. The van der Waals surface area contributed by atoms with E-state index < -0.39 is 11.9 Å². The third-order valence-electron chi connectivity index (χ3n) is 4.26. The number of carbonyl (C=O) groups is 2. The van der Waals surface area contributed by atoms with E-state index in [1.165, 1.54) is 5.56 Å². The third kappa shape index (κ3) is 6.33. The van der Waals surface area contributed by atoms with Crippen LogP contribution >= 0.6 is 0 Å². The van der Waals surface area contributed by atoms with Crippen LogP contribution in [0.15, 0.2) is 48.5 Å². The Morgan fingerprint density at radius 1 is 1.11 bits per heavy atom. The number of amides is 1. The highest BCUT2D eigenvalue weighted by Crippen LogP contribution is 2.21. The SMILES string of the molecule is CCc1ccc(OCC(=O)NCC(Cc2ccccc2OC)C(=O)O)cc1. The summed E-state index contributed by atoms with van der Waals surface area (Å²) in [5.74, 6) is -0.854. The molecule has 0 fully saturated rings. The summed E-state index contributed by atoms with van der Waals surface area (Å²) in [5.41, 5.74) is 1.97. The molecule has 0 radical (unpaired) electrons. The van der Waals surface area contributed by atoms with Crippen LogP contribution in [0.1, 0.15) is 18.1 Å². The lowest BCUT2D eigenvalue weighted by molar-refractivity contribution is -0.141. The van der Waals surface area contributed by atoms with Crippen molar-refractivity contribution in [3.8, 4) is 11.5 Å². The number of carboxylic acids is 1. The molecule has 6 nitrogen and oxygen atoms in total. The summed E-state index contributed by atoms with van der Waals surface area (Å²) in [4.78, 5) is 23.5. The van der Waals surface area contributed by atoms with Crippen molar-refractivity contribution >= 4 is 11.9 Å². The maximum Gasteiger partial charge on any atom is 0.308 e. The fourth-order valence-corrected chi connectivity index (χ4v) is 2.64. The Labute approximate surface area is 159 Å². The van der Waals surface area contributed by atoms with Crippen LogP contribution in [-0.2, 0) is 22.4 Å². The molecule has 2 aromatic carbocycles. The lowest BCUT2D eigenvalue weighted by atomic mass is 9.98. The molecule has 144 valence electrons. The molecule has 0 saturated heterocycles. The molecule has 1 amide bonds. The number of hydrogen-bond acceptors (Lipinski definition) is 4. The second-order valence-corrected chi connectivity index (χ2v) is 6.14. The molecule has 2 N–H and O–H groups in total. The van der Waals surface area contributed by atoms with Gasteiger partial charge in [-0.05, 0) is 42.2 Å². The molecule has 0 aliphatic heterocycles. The highest BCUT2D eigenvalue weighted by molar-refractivity contribution is 5.78. The highest BCUT2D eigenvalue weighted by atomic mass is 16.5. The minimum absolute atomic E-state index is 0.0182. The summed E-state index contributed by atoms with van der Waals surface area (Å²) in [5, 5.41) is 12.1. The van der Waals surface area contributed by atoms with Gasteiger partial charge in [-0.15, -0.1) is 0 Å². The number of nitrogens with one attached hydrogen (secondary N) is 1. The Bertz CT molecular complexity index is 757. The van der Waals surface area contributed by atoms with Crippen molar-refractivity contribution in [2.24, 2.45) is 5.92 Å². The molecule has 0 heterocycles. The maximum atomic E-state index is 12.0. The summed E-state index contributed by atoms with van der Waals surface area (Å²) >= 11 is 0. The van der Waals surface area contributed by atoms with Crippen LogP contribution in [0.3, 0.4) is 0 Å². The van der Waals surface area contributed by atoms with Crippen LogP contribution in [-0.4, -0.2) is 37.2 Å². The molecule has 0 aliphatic rings. The molecule has 1 atom stereocenters. The van der Waals surface area contributed by atoms with Gasteiger partial charge in [-0.25, -0.2) is 0 Å². The van der Waals surface area contributed by atoms with E-state index in [-0.39, 0.29) is 25.5 Å². The summed E-state index contributed by atoms with van der Waals surface area (Å²) in [6.07, 6.45) is 1.20. The number of carboxylic acid groups (broad SMARTS) is 1. The first-order valence-electron chi connectivity index (χ1n) is 8.86. The van der Waals surface area contributed by atoms with Gasteiger partial charge in [-0.1, -0.05) is 37.3 Å². The van der Waals surface area contributed by atoms with E-state index in [1.54, 1.807) is 13.2 Å². The number of hydrogen-bond donors (Lipinski definition) is 2. The van der Waals surface area contributed by atoms with E-state index >= 15 is 0 Å².